The fourth-order valence-corrected chi connectivity index (χ4v) is 2.63. The van der Waals surface area contributed by atoms with Gasteiger partial charge in [-0.15, -0.1) is 0 Å². The van der Waals surface area contributed by atoms with Crippen LogP contribution >= 0.6 is 0 Å². The largest absolute Gasteiger partial charge is 0.325 e. The molecule has 1 aromatic rings. The molecule has 2 N–H and O–H groups in total. The Kier molecular flexibility index (Phi) is 3.48. The number of benzene rings is 1. The molecule has 0 amide bonds. The molecule has 1 nitrogen and oxygen atoms in total. The van der Waals surface area contributed by atoms with E-state index in [2.05, 4.69) is 6.92 Å². The van der Waals surface area contributed by atoms with E-state index >= 15 is 0 Å². The van der Waals surface area contributed by atoms with Crippen molar-refractivity contribution in [3.05, 3.63) is 35.4 Å². The molecule has 17 heavy (non-hydrogen) atoms. The summed E-state index contributed by atoms with van der Waals surface area (Å²) < 4.78 is 26.2. The van der Waals surface area contributed by atoms with E-state index in [1.807, 2.05) is 0 Å². The molecule has 1 aromatic carbocycles. The van der Waals surface area contributed by atoms with E-state index in [-0.39, 0.29) is 5.54 Å². The third kappa shape index (κ3) is 3.25. The fourth-order valence-electron chi connectivity index (χ4n) is 2.63. The Morgan fingerprint density at radius 3 is 2.24 bits per heavy atom. The van der Waals surface area contributed by atoms with Crippen LogP contribution in [-0.4, -0.2) is 5.54 Å². The number of hydrogen-bond donors (Lipinski definition) is 1. The van der Waals surface area contributed by atoms with Gasteiger partial charge in [0.2, 0.25) is 0 Å². The summed E-state index contributed by atoms with van der Waals surface area (Å²) in [5.41, 5.74) is 6.69. The maximum atomic E-state index is 13.1. The van der Waals surface area contributed by atoms with Crippen LogP contribution < -0.4 is 5.73 Å². The zero-order valence-electron chi connectivity index (χ0n) is 10.2. The van der Waals surface area contributed by atoms with E-state index in [9.17, 15) is 8.78 Å². The second-order valence-corrected chi connectivity index (χ2v) is 5.50. The Hall–Kier alpha value is -0.960. The number of hydrogen-bond acceptors (Lipinski definition) is 1. The highest BCUT2D eigenvalue weighted by Crippen LogP contribution is 2.32. The molecule has 3 heteroatoms. The summed E-state index contributed by atoms with van der Waals surface area (Å²) in [7, 11) is 0. The van der Waals surface area contributed by atoms with Crippen molar-refractivity contribution in [2.24, 2.45) is 11.7 Å². The van der Waals surface area contributed by atoms with Gasteiger partial charge in [0, 0.05) is 11.6 Å². The molecule has 1 aliphatic carbocycles. The third-order valence-corrected chi connectivity index (χ3v) is 3.75. The highest BCUT2D eigenvalue weighted by molar-refractivity contribution is 5.20. The van der Waals surface area contributed by atoms with E-state index in [1.54, 1.807) is 0 Å². The van der Waals surface area contributed by atoms with Crippen molar-refractivity contribution >= 4 is 0 Å². The van der Waals surface area contributed by atoms with E-state index in [4.69, 9.17) is 5.73 Å². The minimum Gasteiger partial charge on any atom is -0.325 e. The van der Waals surface area contributed by atoms with Crippen LogP contribution in [0, 0.1) is 17.6 Å². The van der Waals surface area contributed by atoms with Gasteiger partial charge in [-0.25, -0.2) is 8.78 Å². The summed E-state index contributed by atoms with van der Waals surface area (Å²) in [6.45, 7) is 2.22. The van der Waals surface area contributed by atoms with Gasteiger partial charge in [-0.1, -0.05) is 6.92 Å². The van der Waals surface area contributed by atoms with E-state index in [0.29, 0.717) is 12.0 Å². The minimum absolute atomic E-state index is 0.285. The van der Waals surface area contributed by atoms with Crippen molar-refractivity contribution in [3.63, 3.8) is 0 Å². The van der Waals surface area contributed by atoms with Gasteiger partial charge in [-0.3, -0.25) is 0 Å². The predicted octanol–water partition coefficient (Wildman–Crippen LogP) is 3.41. The quantitative estimate of drug-likeness (QED) is 0.840. The number of rotatable bonds is 2. The van der Waals surface area contributed by atoms with Crippen LogP contribution in [0.15, 0.2) is 18.2 Å². The van der Waals surface area contributed by atoms with E-state index in [1.165, 1.54) is 12.1 Å². The Bertz CT molecular complexity index is 375. The highest BCUT2D eigenvalue weighted by atomic mass is 19.1. The van der Waals surface area contributed by atoms with Crippen molar-refractivity contribution in [2.45, 2.75) is 44.6 Å². The van der Waals surface area contributed by atoms with E-state index < -0.39 is 11.6 Å². The van der Waals surface area contributed by atoms with Crippen molar-refractivity contribution in [3.8, 4) is 0 Å². The van der Waals surface area contributed by atoms with Crippen LogP contribution in [0.2, 0.25) is 0 Å². The molecule has 94 valence electrons. The lowest BCUT2D eigenvalue weighted by atomic mass is 9.75. The standard InChI is InChI=1S/C14H19F2N/c1-10-2-4-14(17,5-3-10)9-11-6-12(15)8-13(16)7-11/h6-8,10H,2-5,9,17H2,1H3. The van der Waals surface area contributed by atoms with Gasteiger partial charge in [0.15, 0.2) is 0 Å². The summed E-state index contributed by atoms with van der Waals surface area (Å²) in [6.07, 6.45) is 4.65. The molecule has 0 aliphatic heterocycles. The van der Waals surface area contributed by atoms with Crippen LogP contribution in [0.1, 0.15) is 38.2 Å². The monoisotopic (exact) mass is 239 g/mol. The SMILES string of the molecule is CC1CCC(N)(Cc2cc(F)cc(F)c2)CC1. The topological polar surface area (TPSA) is 26.0 Å². The lowest BCUT2D eigenvalue weighted by molar-refractivity contribution is 0.243. The molecule has 2 rings (SSSR count). The molecular formula is C14H19F2N. The van der Waals surface area contributed by atoms with Crippen molar-refractivity contribution in [1.82, 2.24) is 0 Å². The molecule has 0 spiro atoms. The van der Waals surface area contributed by atoms with Gasteiger partial charge in [-0.05, 0) is 55.7 Å². The molecule has 1 fully saturated rings. The lowest BCUT2D eigenvalue weighted by Crippen LogP contribution is -2.45. The molecule has 0 heterocycles. The van der Waals surface area contributed by atoms with Gasteiger partial charge < -0.3 is 5.73 Å². The molecule has 1 aliphatic rings. The third-order valence-electron chi connectivity index (χ3n) is 3.75. The summed E-state index contributed by atoms with van der Waals surface area (Å²) in [5.74, 6) is -0.323. The van der Waals surface area contributed by atoms with Gasteiger partial charge >= 0.3 is 0 Å². The maximum Gasteiger partial charge on any atom is 0.126 e. The molecule has 0 atom stereocenters. The van der Waals surface area contributed by atoms with Crippen LogP contribution in [0.5, 0.6) is 0 Å². The average Bonchev–Trinajstić information content (AvgIpc) is 2.21. The first-order valence-corrected chi connectivity index (χ1v) is 6.21. The first-order valence-electron chi connectivity index (χ1n) is 6.21. The summed E-state index contributed by atoms with van der Waals surface area (Å²) in [6, 6.07) is 3.67. The van der Waals surface area contributed by atoms with Gasteiger partial charge in [0.1, 0.15) is 11.6 Å². The Morgan fingerprint density at radius 2 is 1.71 bits per heavy atom. The van der Waals surface area contributed by atoms with E-state index in [0.717, 1.165) is 37.7 Å². The number of halogens is 2. The van der Waals surface area contributed by atoms with Gasteiger partial charge in [0.05, 0.1) is 0 Å². The van der Waals surface area contributed by atoms with Crippen molar-refractivity contribution in [1.29, 1.82) is 0 Å². The van der Waals surface area contributed by atoms with Crippen LogP contribution in [0.4, 0.5) is 8.78 Å². The van der Waals surface area contributed by atoms with Crippen LogP contribution in [0.25, 0.3) is 0 Å². The molecule has 0 bridgehead atoms. The highest BCUT2D eigenvalue weighted by Gasteiger charge is 2.30. The molecular weight excluding hydrogens is 220 g/mol. The molecule has 0 saturated heterocycles. The van der Waals surface area contributed by atoms with Gasteiger partial charge in [0.25, 0.3) is 0 Å². The molecule has 0 unspecified atom stereocenters. The van der Waals surface area contributed by atoms with Crippen LogP contribution in [-0.2, 0) is 6.42 Å². The first-order chi connectivity index (χ1) is 7.97. The van der Waals surface area contributed by atoms with Crippen molar-refractivity contribution < 1.29 is 8.78 Å². The van der Waals surface area contributed by atoms with Crippen LogP contribution in [0.3, 0.4) is 0 Å². The second kappa shape index (κ2) is 4.73. The summed E-state index contributed by atoms with van der Waals surface area (Å²) in [4.78, 5) is 0. The van der Waals surface area contributed by atoms with Gasteiger partial charge in [-0.2, -0.15) is 0 Å². The predicted molar refractivity (Wildman–Crippen MR) is 64.6 cm³/mol. The Morgan fingerprint density at radius 1 is 1.18 bits per heavy atom. The first kappa shape index (κ1) is 12.5. The Balaban J connectivity index is 2.09. The normalized spacial score (nSPS) is 29.3. The molecule has 0 aromatic heterocycles. The number of nitrogens with two attached hydrogens (primary N) is 1. The zero-order valence-corrected chi connectivity index (χ0v) is 10.2. The maximum absolute atomic E-state index is 13.1. The second-order valence-electron chi connectivity index (χ2n) is 5.50. The molecule has 1 saturated carbocycles. The summed E-state index contributed by atoms with van der Waals surface area (Å²) >= 11 is 0. The minimum atomic E-state index is -0.521. The fraction of sp³-hybridized carbons (Fsp3) is 0.571. The smallest absolute Gasteiger partial charge is 0.126 e. The average molecular weight is 239 g/mol. The van der Waals surface area contributed by atoms with Crippen molar-refractivity contribution in [2.75, 3.05) is 0 Å². The molecule has 0 radical (unpaired) electrons. The Labute approximate surface area is 101 Å². The zero-order chi connectivity index (χ0) is 12.5. The lowest BCUT2D eigenvalue weighted by Gasteiger charge is -2.36. The summed E-state index contributed by atoms with van der Waals surface area (Å²) in [5, 5.41) is 0.